The van der Waals surface area contributed by atoms with Crippen molar-refractivity contribution in [1.82, 2.24) is 20.0 Å². The van der Waals surface area contributed by atoms with E-state index in [-0.39, 0.29) is 5.91 Å². The molecule has 4 aliphatic rings. The van der Waals surface area contributed by atoms with Crippen molar-refractivity contribution in [2.24, 2.45) is 0 Å². The molecule has 7 rings (SSSR count). The summed E-state index contributed by atoms with van der Waals surface area (Å²) in [7, 11) is 3.21. The Hall–Kier alpha value is -3.91. The molecule has 1 amide bonds. The van der Waals surface area contributed by atoms with Gasteiger partial charge < -0.3 is 19.7 Å². The van der Waals surface area contributed by atoms with Crippen LogP contribution in [0.2, 0.25) is 0 Å². The summed E-state index contributed by atoms with van der Waals surface area (Å²) in [6.07, 6.45) is 17.9. The van der Waals surface area contributed by atoms with Gasteiger partial charge in [-0.15, -0.1) is 0 Å². The van der Waals surface area contributed by atoms with Crippen LogP contribution in [0.1, 0.15) is 99.5 Å². The molecule has 2 aliphatic carbocycles. The van der Waals surface area contributed by atoms with Crippen LogP contribution in [0.15, 0.2) is 90.0 Å². The van der Waals surface area contributed by atoms with Gasteiger partial charge in [0.05, 0.1) is 14.2 Å². The first kappa shape index (κ1) is 39.8. The smallest absolute Gasteiger partial charge is 0.254 e. The molecule has 0 aromatic heterocycles. The average Bonchev–Trinajstić information content (AvgIpc) is 3.80. The number of rotatable bonds is 15. The van der Waals surface area contributed by atoms with Gasteiger partial charge >= 0.3 is 0 Å². The first-order chi connectivity index (χ1) is 26.4. The van der Waals surface area contributed by atoms with E-state index in [9.17, 15) is 4.79 Å². The number of hydrogen-bond acceptors (Lipinski definition) is 6. The standard InChI is InChI=1S/C28H36N2O3.C19H28N2/c1-21(17-22-9-5-4-6-10-22)19-29(20-25-13-8-16-30(25)24-11-7-12-24)28(31)23-14-15-26(32-2)27(18-23)33-3;1-16(13-17-7-3-2-4-8-17)14-20-15-19-11-6-12-21(19)18-9-5-10-18/h4-6,9-10,14-15,17-18,24-25H,7-8,11-13,16,19-20H2,1-3H3;2-4,7-8,13,18-20H,5-6,9-12,14-15H2,1H3/b21-17+;16-13+/t25-;19-/m00/s1. The molecule has 290 valence electrons. The fourth-order valence-electron chi connectivity index (χ4n) is 8.66. The topological polar surface area (TPSA) is 57.3 Å². The number of likely N-dealkylation sites (tertiary alicyclic amines) is 2. The lowest BCUT2D eigenvalue weighted by Crippen LogP contribution is -2.49. The molecule has 3 aromatic rings. The highest BCUT2D eigenvalue weighted by atomic mass is 16.5. The summed E-state index contributed by atoms with van der Waals surface area (Å²) in [5, 5.41) is 3.67. The van der Waals surface area contributed by atoms with E-state index in [0.717, 1.165) is 50.2 Å². The Morgan fingerprint density at radius 3 is 1.81 bits per heavy atom. The fourth-order valence-corrected chi connectivity index (χ4v) is 8.66. The number of nitrogens with one attached hydrogen (secondary N) is 1. The van der Waals surface area contributed by atoms with Crippen molar-refractivity contribution in [3.63, 3.8) is 0 Å². The van der Waals surface area contributed by atoms with Crippen LogP contribution in [0.25, 0.3) is 12.2 Å². The normalized spacial score (nSPS) is 21.2. The molecular weight excluding hydrogens is 669 g/mol. The van der Waals surface area contributed by atoms with E-state index in [1.165, 1.54) is 81.0 Å². The lowest BCUT2D eigenvalue weighted by atomic mass is 9.91. The van der Waals surface area contributed by atoms with E-state index in [1.54, 1.807) is 20.3 Å². The maximum atomic E-state index is 13.7. The zero-order valence-electron chi connectivity index (χ0n) is 33.3. The minimum absolute atomic E-state index is 0.0391. The van der Waals surface area contributed by atoms with Crippen LogP contribution in [0.5, 0.6) is 11.5 Å². The third-order valence-electron chi connectivity index (χ3n) is 11.9. The van der Waals surface area contributed by atoms with Crippen molar-refractivity contribution < 1.29 is 14.3 Å². The van der Waals surface area contributed by atoms with Gasteiger partial charge in [-0.25, -0.2) is 0 Å². The van der Waals surface area contributed by atoms with Crippen LogP contribution in [-0.4, -0.2) is 98.3 Å². The molecule has 1 N–H and O–H groups in total. The van der Waals surface area contributed by atoms with E-state index in [2.05, 4.69) is 83.6 Å². The molecular formula is C47H64N4O3. The lowest BCUT2D eigenvalue weighted by Gasteiger charge is -2.40. The molecule has 7 nitrogen and oxygen atoms in total. The molecule has 2 heterocycles. The molecule has 2 aliphatic heterocycles. The van der Waals surface area contributed by atoms with Crippen LogP contribution in [0.4, 0.5) is 0 Å². The summed E-state index contributed by atoms with van der Waals surface area (Å²) >= 11 is 0. The zero-order chi connectivity index (χ0) is 37.7. The highest BCUT2D eigenvalue weighted by Crippen LogP contribution is 2.33. The predicted molar refractivity (Wildman–Crippen MR) is 223 cm³/mol. The number of carbonyl (C=O) groups excluding carboxylic acids is 1. The molecule has 2 atom stereocenters. The van der Waals surface area contributed by atoms with Gasteiger partial charge in [0.15, 0.2) is 11.5 Å². The van der Waals surface area contributed by atoms with Crippen LogP contribution in [0.3, 0.4) is 0 Å². The quantitative estimate of drug-likeness (QED) is 0.169. The van der Waals surface area contributed by atoms with Gasteiger partial charge in [-0.05, 0) is 108 Å². The summed E-state index contributed by atoms with van der Waals surface area (Å²) in [6, 6.07) is 29.2. The Balaban J connectivity index is 0.000000203. The van der Waals surface area contributed by atoms with E-state index in [0.29, 0.717) is 35.7 Å². The summed E-state index contributed by atoms with van der Waals surface area (Å²) in [5.74, 6) is 1.25. The van der Waals surface area contributed by atoms with Gasteiger partial charge in [-0.1, -0.05) is 96.8 Å². The van der Waals surface area contributed by atoms with Crippen molar-refractivity contribution in [2.45, 2.75) is 102 Å². The number of benzene rings is 3. The minimum atomic E-state index is 0.0391. The molecule has 3 aromatic carbocycles. The van der Waals surface area contributed by atoms with Crippen LogP contribution in [-0.2, 0) is 0 Å². The first-order valence-electron chi connectivity index (χ1n) is 20.6. The molecule has 0 radical (unpaired) electrons. The van der Waals surface area contributed by atoms with Crippen LogP contribution in [0, 0.1) is 0 Å². The van der Waals surface area contributed by atoms with Crippen molar-refractivity contribution in [2.75, 3.05) is 53.5 Å². The number of ether oxygens (including phenoxy) is 2. The molecule has 4 fully saturated rings. The van der Waals surface area contributed by atoms with E-state index in [4.69, 9.17) is 9.47 Å². The molecule has 2 saturated heterocycles. The number of hydrogen-bond donors (Lipinski definition) is 1. The van der Waals surface area contributed by atoms with Crippen LogP contribution >= 0.6 is 0 Å². The average molecular weight is 733 g/mol. The monoisotopic (exact) mass is 732 g/mol. The van der Waals surface area contributed by atoms with Gasteiger partial charge in [-0.2, -0.15) is 0 Å². The second-order valence-corrected chi connectivity index (χ2v) is 15.9. The molecule has 2 saturated carbocycles. The minimum Gasteiger partial charge on any atom is -0.493 e. The Morgan fingerprint density at radius 1 is 0.704 bits per heavy atom. The van der Waals surface area contributed by atoms with Gasteiger partial charge in [0.2, 0.25) is 0 Å². The Kier molecular flexibility index (Phi) is 14.8. The summed E-state index contributed by atoms with van der Waals surface area (Å²) < 4.78 is 10.8. The number of carbonyl (C=O) groups is 1. The van der Waals surface area contributed by atoms with Crippen molar-refractivity contribution in [3.8, 4) is 11.5 Å². The highest BCUT2D eigenvalue weighted by molar-refractivity contribution is 5.95. The largest absolute Gasteiger partial charge is 0.493 e. The molecule has 7 heteroatoms. The van der Waals surface area contributed by atoms with Gasteiger partial charge in [0.25, 0.3) is 5.91 Å². The summed E-state index contributed by atoms with van der Waals surface area (Å²) in [5.41, 5.74) is 5.67. The summed E-state index contributed by atoms with van der Waals surface area (Å²) in [6.45, 7) is 10.3. The third-order valence-corrected chi connectivity index (χ3v) is 11.9. The Labute approximate surface area is 325 Å². The van der Waals surface area contributed by atoms with Gasteiger partial charge in [-0.3, -0.25) is 14.6 Å². The molecule has 54 heavy (non-hydrogen) atoms. The summed E-state index contributed by atoms with van der Waals surface area (Å²) in [4.78, 5) is 21.2. The van der Waals surface area contributed by atoms with E-state index >= 15 is 0 Å². The zero-order valence-corrected chi connectivity index (χ0v) is 33.3. The fraction of sp³-hybridized carbons (Fsp3) is 0.511. The van der Waals surface area contributed by atoms with Crippen molar-refractivity contribution >= 4 is 18.1 Å². The highest BCUT2D eigenvalue weighted by Gasteiger charge is 2.36. The second kappa shape index (κ2) is 20.1. The van der Waals surface area contributed by atoms with E-state index < -0.39 is 0 Å². The van der Waals surface area contributed by atoms with Crippen LogP contribution < -0.4 is 14.8 Å². The van der Waals surface area contributed by atoms with Crippen molar-refractivity contribution in [1.29, 1.82) is 0 Å². The SMILES string of the molecule is C/C(=C\c1ccccc1)CNC[C@@H]1CCCN1C1CCC1.COc1ccc(C(=O)N(C/C(C)=C/c2ccccc2)C[C@@H]2CCCN2C2CCC2)cc1OC. The van der Waals surface area contributed by atoms with Gasteiger partial charge in [0.1, 0.15) is 0 Å². The number of methoxy groups -OCH3 is 2. The van der Waals surface area contributed by atoms with Gasteiger partial charge in [0, 0.05) is 55.9 Å². The number of amides is 1. The molecule has 0 bridgehead atoms. The second-order valence-electron chi connectivity index (χ2n) is 15.9. The maximum Gasteiger partial charge on any atom is 0.254 e. The van der Waals surface area contributed by atoms with Crippen molar-refractivity contribution in [3.05, 3.63) is 107 Å². The predicted octanol–water partition coefficient (Wildman–Crippen LogP) is 8.96. The first-order valence-corrected chi connectivity index (χ1v) is 20.6. The third kappa shape index (κ3) is 10.9. The number of nitrogens with zero attached hydrogens (tertiary/aromatic N) is 3. The van der Waals surface area contributed by atoms with E-state index in [1.807, 2.05) is 35.2 Å². The Bertz CT molecular complexity index is 1670. The lowest BCUT2D eigenvalue weighted by molar-refractivity contribution is 0.0630. The Morgan fingerprint density at radius 2 is 1.26 bits per heavy atom. The molecule has 0 spiro atoms. The molecule has 0 unspecified atom stereocenters. The maximum absolute atomic E-state index is 13.7.